The minimum absolute atomic E-state index is 0.126. The number of aliphatic hydroxyl groups excluding tert-OH is 1. The first kappa shape index (κ1) is 14.4. The minimum Gasteiger partial charge on any atom is -0.490 e. The van der Waals surface area contributed by atoms with Crippen molar-refractivity contribution in [2.75, 3.05) is 26.7 Å². The summed E-state index contributed by atoms with van der Waals surface area (Å²) in [4.78, 5) is 2.34. The Morgan fingerprint density at radius 2 is 1.89 bits per heavy atom. The summed E-state index contributed by atoms with van der Waals surface area (Å²) >= 11 is 0. The van der Waals surface area contributed by atoms with E-state index in [9.17, 15) is 5.11 Å². The fourth-order valence-electron chi connectivity index (χ4n) is 2.50. The summed E-state index contributed by atoms with van der Waals surface area (Å²) in [5.41, 5.74) is 0.832. The number of aliphatic hydroxyl groups is 1. The minimum atomic E-state index is -0.262. The van der Waals surface area contributed by atoms with Crippen LogP contribution >= 0.6 is 0 Å². The molecule has 1 heterocycles. The van der Waals surface area contributed by atoms with Crippen molar-refractivity contribution >= 4 is 0 Å². The predicted molar refractivity (Wildman–Crippen MR) is 77.7 cm³/mol. The maximum atomic E-state index is 9.55. The van der Waals surface area contributed by atoms with Crippen LogP contribution in [0.3, 0.4) is 0 Å². The Morgan fingerprint density at radius 3 is 2.53 bits per heavy atom. The zero-order valence-corrected chi connectivity index (χ0v) is 12.2. The van der Waals surface area contributed by atoms with Gasteiger partial charge in [-0.25, -0.2) is 0 Å². The molecular formula is C16H25NO2. The molecule has 1 fully saturated rings. The van der Waals surface area contributed by atoms with Crippen molar-refractivity contribution in [3.8, 4) is 5.75 Å². The third kappa shape index (κ3) is 3.48. The fraction of sp³-hybridized carbons (Fsp3) is 0.625. The second-order valence-electron chi connectivity index (χ2n) is 6.16. The van der Waals surface area contributed by atoms with Gasteiger partial charge in [-0.3, -0.25) is 0 Å². The topological polar surface area (TPSA) is 32.7 Å². The van der Waals surface area contributed by atoms with Gasteiger partial charge in [-0.05, 0) is 26.0 Å². The molecule has 106 valence electrons. The normalized spacial score (nSPS) is 18.5. The van der Waals surface area contributed by atoms with Gasteiger partial charge in [0.05, 0.1) is 6.61 Å². The van der Waals surface area contributed by atoms with Gasteiger partial charge in [-0.2, -0.15) is 0 Å². The molecular weight excluding hydrogens is 238 g/mol. The van der Waals surface area contributed by atoms with E-state index in [2.05, 4.69) is 18.0 Å². The molecule has 0 spiro atoms. The first-order valence-electron chi connectivity index (χ1n) is 7.08. The summed E-state index contributed by atoms with van der Waals surface area (Å²) in [5, 5.41) is 9.55. The maximum absolute atomic E-state index is 9.55. The zero-order chi connectivity index (χ0) is 13.9. The standard InChI is InChI=1S/C16H25NO2/c1-16(2,12-18)14-6-4-5-7-15(14)19-13-8-10-17(3)11-9-13/h4-7,13,18H,8-12H2,1-3H3. The molecule has 1 aromatic carbocycles. The summed E-state index contributed by atoms with van der Waals surface area (Å²) < 4.78 is 6.19. The number of ether oxygens (including phenoxy) is 1. The van der Waals surface area contributed by atoms with Crippen molar-refractivity contribution in [1.29, 1.82) is 0 Å². The number of hydrogen-bond donors (Lipinski definition) is 1. The molecule has 0 radical (unpaired) electrons. The highest BCUT2D eigenvalue weighted by Crippen LogP contribution is 2.32. The van der Waals surface area contributed by atoms with Crippen LogP contribution in [0.4, 0.5) is 0 Å². The molecule has 0 atom stereocenters. The predicted octanol–water partition coefficient (Wildman–Crippen LogP) is 2.43. The number of benzene rings is 1. The second-order valence-corrected chi connectivity index (χ2v) is 6.16. The average Bonchev–Trinajstić information content (AvgIpc) is 2.42. The van der Waals surface area contributed by atoms with E-state index in [1.54, 1.807) is 0 Å². The number of likely N-dealkylation sites (tertiary alicyclic amines) is 1. The molecule has 3 heteroatoms. The Labute approximate surface area is 116 Å². The molecule has 0 aromatic heterocycles. The summed E-state index contributed by atoms with van der Waals surface area (Å²) in [7, 11) is 2.15. The molecule has 0 aliphatic carbocycles. The van der Waals surface area contributed by atoms with E-state index >= 15 is 0 Å². The quantitative estimate of drug-likeness (QED) is 0.905. The Bertz CT molecular complexity index is 409. The van der Waals surface area contributed by atoms with E-state index in [1.807, 2.05) is 32.0 Å². The molecule has 19 heavy (non-hydrogen) atoms. The van der Waals surface area contributed by atoms with Crippen LogP contribution in [0.1, 0.15) is 32.3 Å². The number of hydrogen-bond acceptors (Lipinski definition) is 3. The van der Waals surface area contributed by atoms with Gasteiger partial charge < -0.3 is 14.7 Å². The van der Waals surface area contributed by atoms with Crippen molar-refractivity contribution in [1.82, 2.24) is 4.90 Å². The number of para-hydroxylation sites is 1. The largest absolute Gasteiger partial charge is 0.490 e. The van der Waals surface area contributed by atoms with E-state index in [-0.39, 0.29) is 12.0 Å². The molecule has 1 aliphatic rings. The molecule has 0 bridgehead atoms. The van der Waals surface area contributed by atoms with Crippen LogP contribution in [-0.4, -0.2) is 42.9 Å². The second kappa shape index (κ2) is 5.93. The molecule has 0 saturated carbocycles. The van der Waals surface area contributed by atoms with Crippen LogP contribution in [0, 0.1) is 0 Å². The lowest BCUT2D eigenvalue weighted by molar-refractivity contribution is 0.110. The Kier molecular flexibility index (Phi) is 4.48. The van der Waals surface area contributed by atoms with Crippen LogP contribution in [0.5, 0.6) is 5.75 Å². The fourth-order valence-corrected chi connectivity index (χ4v) is 2.50. The Hall–Kier alpha value is -1.06. The van der Waals surface area contributed by atoms with E-state index in [0.29, 0.717) is 6.10 Å². The van der Waals surface area contributed by atoms with Gasteiger partial charge >= 0.3 is 0 Å². The lowest BCUT2D eigenvalue weighted by atomic mass is 9.85. The van der Waals surface area contributed by atoms with Gasteiger partial charge in [0.2, 0.25) is 0 Å². The summed E-state index contributed by atoms with van der Waals surface area (Å²) in [6.45, 7) is 6.40. The molecule has 2 rings (SSSR count). The lowest BCUT2D eigenvalue weighted by Gasteiger charge is -2.32. The number of piperidine rings is 1. The Morgan fingerprint density at radius 1 is 1.26 bits per heavy atom. The van der Waals surface area contributed by atoms with Crippen LogP contribution in [0.15, 0.2) is 24.3 Å². The first-order chi connectivity index (χ1) is 9.03. The lowest BCUT2D eigenvalue weighted by Crippen LogP contribution is -2.36. The molecule has 1 aromatic rings. The molecule has 1 N–H and O–H groups in total. The first-order valence-corrected chi connectivity index (χ1v) is 7.08. The van der Waals surface area contributed by atoms with Crippen molar-refractivity contribution in [3.05, 3.63) is 29.8 Å². The van der Waals surface area contributed by atoms with E-state index in [4.69, 9.17) is 4.74 Å². The monoisotopic (exact) mass is 263 g/mol. The molecule has 0 amide bonds. The average molecular weight is 263 g/mol. The van der Waals surface area contributed by atoms with E-state index in [1.165, 1.54) is 0 Å². The highest BCUT2D eigenvalue weighted by atomic mass is 16.5. The summed E-state index contributed by atoms with van der Waals surface area (Å²) in [6.07, 6.45) is 2.45. The highest BCUT2D eigenvalue weighted by Gasteiger charge is 2.25. The smallest absolute Gasteiger partial charge is 0.123 e. The molecule has 1 saturated heterocycles. The van der Waals surface area contributed by atoms with Gasteiger partial charge in [0, 0.05) is 24.1 Å². The highest BCUT2D eigenvalue weighted by molar-refractivity contribution is 5.39. The maximum Gasteiger partial charge on any atom is 0.123 e. The number of nitrogens with zero attached hydrogens (tertiary/aromatic N) is 1. The number of rotatable bonds is 4. The summed E-state index contributed by atoms with van der Waals surface area (Å²) in [6, 6.07) is 8.08. The van der Waals surface area contributed by atoms with E-state index in [0.717, 1.165) is 37.2 Å². The van der Waals surface area contributed by atoms with Crippen LogP contribution in [-0.2, 0) is 5.41 Å². The molecule has 0 unspecified atom stereocenters. The van der Waals surface area contributed by atoms with Crippen LogP contribution < -0.4 is 4.74 Å². The SMILES string of the molecule is CN1CCC(Oc2ccccc2C(C)(C)CO)CC1. The van der Waals surface area contributed by atoms with Gasteiger partial charge in [0.15, 0.2) is 0 Å². The van der Waals surface area contributed by atoms with Gasteiger partial charge in [0.1, 0.15) is 11.9 Å². The van der Waals surface area contributed by atoms with Gasteiger partial charge in [0.25, 0.3) is 0 Å². The van der Waals surface area contributed by atoms with Gasteiger partial charge in [-0.1, -0.05) is 32.0 Å². The molecule has 3 nitrogen and oxygen atoms in total. The van der Waals surface area contributed by atoms with Crippen LogP contribution in [0.2, 0.25) is 0 Å². The van der Waals surface area contributed by atoms with Gasteiger partial charge in [-0.15, -0.1) is 0 Å². The van der Waals surface area contributed by atoms with Crippen molar-refractivity contribution in [3.63, 3.8) is 0 Å². The third-order valence-electron chi connectivity index (χ3n) is 3.97. The van der Waals surface area contributed by atoms with Crippen molar-refractivity contribution < 1.29 is 9.84 Å². The Balaban J connectivity index is 2.12. The third-order valence-corrected chi connectivity index (χ3v) is 3.97. The zero-order valence-electron chi connectivity index (χ0n) is 12.2. The van der Waals surface area contributed by atoms with Crippen molar-refractivity contribution in [2.24, 2.45) is 0 Å². The van der Waals surface area contributed by atoms with Crippen molar-refractivity contribution in [2.45, 2.75) is 38.2 Å². The van der Waals surface area contributed by atoms with Crippen LogP contribution in [0.25, 0.3) is 0 Å². The van der Waals surface area contributed by atoms with E-state index < -0.39 is 0 Å². The molecule has 1 aliphatic heterocycles. The summed E-state index contributed by atoms with van der Waals surface area (Å²) in [5.74, 6) is 0.927.